The molecule has 0 spiro atoms. The van der Waals surface area contributed by atoms with Gasteiger partial charge < -0.3 is 9.47 Å². The van der Waals surface area contributed by atoms with E-state index in [-0.39, 0.29) is 10.6 Å². The Morgan fingerprint density at radius 3 is 2.47 bits per heavy atom. The average molecular weight is 237 g/mol. The van der Waals surface area contributed by atoms with Gasteiger partial charge in [0.05, 0.1) is 19.1 Å². The number of hydrogen-bond acceptors (Lipinski definition) is 4. The van der Waals surface area contributed by atoms with Gasteiger partial charge in [0, 0.05) is 12.5 Å². The molecule has 5 nitrogen and oxygen atoms in total. The summed E-state index contributed by atoms with van der Waals surface area (Å²) in [5, 5.41) is 10.7. The number of benzene rings is 1. The fourth-order valence-electron chi connectivity index (χ4n) is 1.42. The van der Waals surface area contributed by atoms with E-state index in [2.05, 4.69) is 0 Å². The van der Waals surface area contributed by atoms with Crippen molar-refractivity contribution < 1.29 is 14.4 Å². The van der Waals surface area contributed by atoms with Crippen LogP contribution in [0, 0.1) is 10.1 Å². The van der Waals surface area contributed by atoms with Crippen molar-refractivity contribution in [3.05, 3.63) is 39.6 Å². The SMILES string of the molecule is CCC(=Cc1ccc(OC)c(OC)c1)[N+](=O)[O-]. The third kappa shape index (κ3) is 3.21. The van der Waals surface area contributed by atoms with Gasteiger partial charge in [0.1, 0.15) is 0 Å². The summed E-state index contributed by atoms with van der Waals surface area (Å²) in [6, 6.07) is 5.18. The molecular weight excluding hydrogens is 222 g/mol. The summed E-state index contributed by atoms with van der Waals surface area (Å²) in [6.07, 6.45) is 1.91. The highest BCUT2D eigenvalue weighted by Gasteiger charge is 2.09. The van der Waals surface area contributed by atoms with Crippen molar-refractivity contribution in [3.63, 3.8) is 0 Å². The second kappa shape index (κ2) is 5.89. The lowest BCUT2D eigenvalue weighted by Gasteiger charge is -2.07. The lowest BCUT2D eigenvalue weighted by molar-refractivity contribution is -0.425. The molecule has 0 atom stereocenters. The standard InChI is InChI=1S/C12H15NO4/c1-4-10(13(14)15)7-9-5-6-11(16-2)12(8-9)17-3/h5-8H,4H2,1-3H3. The molecule has 0 radical (unpaired) electrons. The van der Waals surface area contributed by atoms with Crippen molar-refractivity contribution in [1.29, 1.82) is 0 Å². The molecule has 5 heteroatoms. The zero-order valence-electron chi connectivity index (χ0n) is 10.1. The minimum absolute atomic E-state index is 0.164. The second-order valence-electron chi connectivity index (χ2n) is 3.36. The normalized spacial score (nSPS) is 11.1. The molecule has 0 saturated heterocycles. The molecular formula is C12H15NO4. The Bertz CT molecular complexity index is 440. The Morgan fingerprint density at radius 1 is 1.35 bits per heavy atom. The number of nitrogens with zero attached hydrogens (tertiary/aromatic N) is 1. The van der Waals surface area contributed by atoms with Crippen LogP contribution in [0.5, 0.6) is 11.5 Å². The monoisotopic (exact) mass is 237 g/mol. The van der Waals surface area contributed by atoms with Crippen molar-refractivity contribution in [1.82, 2.24) is 0 Å². The van der Waals surface area contributed by atoms with Crippen LogP contribution in [0.25, 0.3) is 6.08 Å². The van der Waals surface area contributed by atoms with E-state index in [9.17, 15) is 10.1 Å². The predicted octanol–water partition coefficient (Wildman–Crippen LogP) is 2.73. The van der Waals surface area contributed by atoms with E-state index in [1.165, 1.54) is 13.2 Å². The Kier molecular flexibility index (Phi) is 4.51. The first-order valence-corrected chi connectivity index (χ1v) is 5.19. The molecule has 0 bridgehead atoms. The van der Waals surface area contributed by atoms with Crippen LogP contribution in [0.4, 0.5) is 0 Å². The maximum atomic E-state index is 10.7. The van der Waals surface area contributed by atoms with Crippen LogP contribution in [0.2, 0.25) is 0 Å². The third-order valence-electron chi connectivity index (χ3n) is 2.34. The summed E-state index contributed by atoms with van der Waals surface area (Å²) >= 11 is 0. The molecule has 0 saturated carbocycles. The zero-order chi connectivity index (χ0) is 12.8. The average Bonchev–Trinajstić information content (AvgIpc) is 2.35. The molecule has 92 valence electrons. The second-order valence-corrected chi connectivity index (χ2v) is 3.36. The van der Waals surface area contributed by atoms with Crippen LogP contribution < -0.4 is 9.47 Å². The van der Waals surface area contributed by atoms with Gasteiger partial charge in [-0.15, -0.1) is 0 Å². The lowest BCUT2D eigenvalue weighted by Crippen LogP contribution is -1.97. The maximum absolute atomic E-state index is 10.7. The number of rotatable bonds is 5. The van der Waals surface area contributed by atoms with Crippen LogP contribution in [0.15, 0.2) is 23.9 Å². The molecule has 0 aliphatic carbocycles. The molecule has 0 aliphatic rings. The van der Waals surface area contributed by atoms with Crippen LogP contribution in [0.3, 0.4) is 0 Å². The van der Waals surface area contributed by atoms with Crippen molar-refractivity contribution in [3.8, 4) is 11.5 Å². The van der Waals surface area contributed by atoms with Gasteiger partial charge in [-0.05, 0) is 17.7 Å². The van der Waals surface area contributed by atoms with E-state index >= 15 is 0 Å². The topological polar surface area (TPSA) is 61.6 Å². The molecule has 0 unspecified atom stereocenters. The summed E-state index contributed by atoms with van der Waals surface area (Å²) in [5.74, 6) is 1.16. The third-order valence-corrected chi connectivity index (χ3v) is 2.34. The highest BCUT2D eigenvalue weighted by molar-refractivity contribution is 5.56. The van der Waals surface area contributed by atoms with Gasteiger partial charge in [0.15, 0.2) is 11.5 Å². The van der Waals surface area contributed by atoms with Crippen molar-refractivity contribution in [2.24, 2.45) is 0 Å². The Labute approximate surface area is 99.8 Å². The first-order chi connectivity index (χ1) is 8.12. The van der Waals surface area contributed by atoms with Crippen LogP contribution in [-0.4, -0.2) is 19.1 Å². The quantitative estimate of drug-likeness (QED) is 0.583. The fourth-order valence-corrected chi connectivity index (χ4v) is 1.42. The minimum atomic E-state index is -0.378. The number of allylic oxidation sites excluding steroid dienone is 1. The summed E-state index contributed by atoms with van der Waals surface area (Å²) in [7, 11) is 3.07. The van der Waals surface area contributed by atoms with Gasteiger partial charge in [0.2, 0.25) is 5.70 Å². The first-order valence-electron chi connectivity index (χ1n) is 5.19. The molecule has 0 aromatic heterocycles. The van der Waals surface area contributed by atoms with E-state index in [0.717, 1.165) is 5.56 Å². The van der Waals surface area contributed by atoms with E-state index in [1.807, 2.05) is 0 Å². The largest absolute Gasteiger partial charge is 0.493 e. The molecule has 0 fully saturated rings. The summed E-state index contributed by atoms with van der Waals surface area (Å²) in [4.78, 5) is 10.3. The van der Waals surface area contributed by atoms with Gasteiger partial charge in [-0.25, -0.2) is 0 Å². The maximum Gasteiger partial charge on any atom is 0.246 e. The fraction of sp³-hybridized carbons (Fsp3) is 0.333. The molecule has 0 aliphatic heterocycles. The zero-order valence-corrected chi connectivity index (χ0v) is 10.1. The molecule has 0 amide bonds. The summed E-state index contributed by atoms with van der Waals surface area (Å²) in [5.41, 5.74) is 0.883. The highest BCUT2D eigenvalue weighted by atomic mass is 16.6. The summed E-state index contributed by atoms with van der Waals surface area (Å²) < 4.78 is 10.2. The molecule has 17 heavy (non-hydrogen) atoms. The van der Waals surface area contributed by atoms with Crippen molar-refractivity contribution >= 4 is 6.08 Å². The van der Waals surface area contributed by atoms with Crippen LogP contribution in [0.1, 0.15) is 18.9 Å². The molecule has 1 rings (SSSR count). The smallest absolute Gasteiger partial charge is 0.246 e. The van der Waals surface area contributed by atoms with Gasteiger partial charge in [-0.3, -0.25) is 10.1 Å². The molecule has 0 heterocycles. The van der Waals surface area contributed by atoms with Gasteiger partial charge in [0.25, 0.3) is 0 Å². The predicted molar refractivity (Wildman–Crippen MR) is 64.8 cm³/mol. The highest BCUT2D eigenvalue weighted by Crippen LogP contribution is 2.28. The van der Waals surface area contributed by atoms with E-state index < -0.39 is 0 Å². The molecule has 1 aromatic carbocycles. The Hall–Kier alpha value is -2.04. The van der Waals surface area contributed by atoms with Gasteiger partial charge in [-0.2, -0.15) is 0 Å². The van der Waals surface area contributed by atoms with Crippen LogP contribution in [-0.2, 0) is 0 Å². The number of hydrogen-bond donors (Lipinski definition) is 0. The Balaban J connectivity index is 3.11. The van der Waals surface area contributed by atoms with E-state index in [0.29, 0.717) is 17.9 Å². The number of ether oxygens (including phenoxy) is 2. The van der Waals surface area contributed by atoms with E-state index in [1.54, 1.807) is 32.2 Å². The van der Waals surface area contributed by atoms with Gasteiger partial charge >= 0.3 is 0 Å². The number of nitro groups is 1. The lowest BCUT2D eigenvalue weighted by atomic mass is 10.1. The Morgan fingerprint density at radius 2 is 2.00 bits per heavy atom. The van der Waals surface area contributed by atoms with E-state index in [4.69, 9.17) is 9.47 Å². The number of methoxy groups -OCH3 is 2. The van der Waals surface area contributed by atoms with Crippen molar-refractivity contribution in [2.75, 3.05) is 14.2 Å². The summed E-state index contributed by atoms with van der Waals surface area (Å²) in [6.45, 7) is 1.75. The van der Waals surface area contributed by atoms with Gasteiger partial charge in [-0.1, -0.05) is 13.0 Å². The molecule has 1 aromatic rings. The van der Waals surface area contributed by atoms with Crippen molar-refractivity contribution in [2.45, 2.75) is 13.3 Å². The first kappa shape index (κ1) is 13.0. The minimum Gasteiger partial charge on any atom is -0.493 e. The van der Waals surface area contributed by atoms with Crippen LogP contribution >= 0.6 is 0 Å². The molecule has 0 N–H and O–H groups in total.